The second-order valence-electron chi connectivity index (χ2n) is 5.54. The molecule has 1 aromatic rings. The molecule has 0 bridgehead atoms. The van der Waals surface area contributed by atoms with E-state index in [1.807, 2.05) is 7.05 Å². The summed E-state index contributed by atoms with van der Waals surface area (Å²) in [5, 5.41) is 2.45. The number of rotatable bonds is 3. The first-order valence-electron chi connectivity index (χ1n) is 6.79. The molecule has 2 unspecified atom stereocenters. The zero-order chi connectivity index (χ0) is 15.7. The lowest BCUT2D eigenvalue weighted by Crippen LogP contribution is -2.40. The van der Waals surface area contributed by atoms with Crippen LogP contribution in [0.2, 0.25) is 0 Å². The van der Waals surface area contributed by atoms with Crippen LogP contribution in [0.4, 0.5) is 27.6 Å². The van der Waals surface area contributed by atoms with Crippen LogP contribution in [0.15, 0.2) is 0 Å². The number of piperidine rings is 1. The Morgan fingerprint density at radius 2 is 1.52 bits per heavy atom. The Hall–Kier alpha value is -1.37. The molecule has 1 saturated heterocycles. The fraction of sp³-hybridized carbons (Fsp3) is 0.571. The molecule has 21 heavy (non-hydrogen) atoms. The fourth-order valence-electron chi connectivity index (χ4n) is 2.69. The lowest BCUT2D eigenvalue weighted by Gasteiger charge is -2.34. The average Bonchev–Trinajstić information content (AvgIpc) is 2.47. The number of hydrogen-bond acceptors (Lipinski definition) is 2. The van der Waals surface area contributed by atoms with E-state index < -0.39 is 40.8 Å². The fourth-order valence-corrected chi connectivity index (χ4v) is 2.69. The molecule has 0 aromatic heterocycles. The van der Waals surface area contributed by atoms with Crippen molar-refractivity contribution in [1.29, 1.82) is 0 Å². The van der Waals surface area contributed by atoms with Crippen molar-refractivity contribution in [3.63, 3.8) is 0 Å². The van der Waals surface area contributed by atoms with Crippen molar-refractivity contribution in [3.05, 3.63) is 29.1 Å². The summed E-state index contributed by atoms with van der Waals surface area (Å²) in [5.74, 6) is -9.54. The molecule has 1 aliphatic rings. The molecule has 1 aromatic carbocycles. The summed E-state index contributed by atoms with van der Waals surface area (Å²) in [7, 11) is 1.93. The molecule has 2 nitrogen and oxygen atoms in total. The zero-order valence-electron chi connectivity index (χ0n) is 11.8. The lowest BCUT2D eigenvalue weighted by atomic mass is 9.91. The summed E-state index contributed by atoms with van der Waals surface area (Å²) in [4.78, 5) is 2.07. The van der Waals surface area contributed by atoms with Gasteiger partial charge in [0.15, 0.2) is 23.3 Å². The molecule has 0 amide bonds. The Morgan fingerprint density at radius 1 is 1.00 bits per heavy atom. The number of halogens is 5. The Balaban J connectivity index is 2.23. The molecule has 1 fully saturated rings. The number of hydrogen-bond donors (Lipinski definition) is 1. The maximum atomic E-state index is 13.6. The molecule has 0 radical (unpaired) electrons. The van der Waals surface area contributed by atoms with Crippen molar-refractivity contribution in [1.82, 2.24) is 4.90 Å². The minimum atomic E-state index is -2.14. The quantitative estimate of drug-likeness (QED) is 0.522. The van der Waals surface area contributed by atoms with Crippen molar-refractivity contribution in [2.75, 3.05) is 25.5 Å². The molecule has 1 N–H and O–H groups in total. The predicted molar refractivity (Wildman–Crippen MR) is 69.5 cm³/mol. The van der Waals surface area contributed by atoms with Crippen LogP contribution < -0.4 is 5.32 Å². The topological polar surface area (TPSA) is 15.3 Å². The van der Waals surface area contributed by atoms with Crippen molar-refractivity contribution in [3.8, 4) is 0 Å². The minimum Gasteiger partial charge on any atom is -0.377 e. The van der Waals surface area contributed by atoms with Crippen LogP contribution in [0.5, 0.6) is 0 Å². The van der Waals surface area contributed by atoms with Gasteiger partial charge >= 0.3 is 0 Å². The highest BCUT2D eigenvalue weighted by Crippen LogP contribution is 2.29. The molecule has 0 aliphatic carbocycles. The van der Waals surface area contributed by atoms with Crippen LogP contribution in [0, 0.1) is 35.0 Å². The third-order valence-corrected chi connectivity index (χ3v) is 3.95. The van der Waals surface area contributed by atoms with E-state index >= 15 is 0 Å². The van der Waals surface area contributed by atoms with Crippen LogP contribution in [0.1, 0.15) is 19.8 Å². The van der Waals surface area contributed by atoms with Crippen LogP contribution in [-0.2, 0) is 0 Å². The van der Waals surface area contributed by atoms with Gasteiger partial charge in [-0.25, -0.2) is 22.0 Å². The lowest BCUT2D eigenvalue weighted by molar-refractivity contribution is 0.197. The molecule has 1 aliphatic heterocycles. The van der Waals surface area contributed by atoms with E-state index in [-0.39, 0.29) is 5.92 Å². The monoisotopic (exact) mass is 308 g/mol. The smallest absolute Gasteiger partial charge is 0.200 e. The zero-order valence-corrected chi connectivity index (χ0v) is 11.8. The Bertz CT molecular complexity index is 506. The second kappa shape index (κ2) is 6.17. The number of nitrogens with one attached hydrogen (secondary N) is 1. The van der Waals surface area contributed by atoms with E-state index in [0.29, 0.717) is 6.54 Å². The van der Waals surface area contributed by atoms with Gasteiger partial charge in [0, 0.05) is 12.6 Å². The van der Waals surface area contributed by atoms with Gasteiger partial charge in [-0.1, -0.05) is 0 Å². The highest BCUT2D eigenvalue weighted by Gasteiger charge is 2.29. The first kappa shape index (κ1) is 16.0. The number of benzene rings is 1. The van der Waals surface area contributed by atoms with Crippen LogP contribution >= 0.6 is 0 Å². The van der Waals surface area contributed by atoms with Gasteiger partial charge in [-0.05, 0) is 39.3 Å². The van der Waals surface area contributed by atoms with Gasteiger partial charge in [0.25, 0.3) is 0 Å². The Morgan fingerprint density at radius 3 is 2.05 bits per heavy atom. The van der Waals surface area contributed by atoms with E-state index in [1.165, 1.54) is 0 Å². The standard InChI is InChI=1S/C14H17F5N2/c1-7(8-4-3-5-21(2)6-8)20-14-12(18)10(16)9(15)11(17)13(14)19/h7-8,20H,3-6H2,1-2H3. The first-order valence-corrected chi connectivity index (χ1v) is 6.79. The SMILES string of the molecule is CC(Nc1c(F)c(F)c(F)c(F)c1F)C1CCCN(C)C1. The van der Waals surface area contributed by atoms with Gasteiger partial charge in [0.1, 0.15) is 5.69 Å². The molecular formula is C14H17F5N2. The first-order chi connectivity index (χ1) is 9.82. The van der Waals surface area contributed by atoms with Gasteiger partial charge in [-0.15, -0.1) is 0 Å². The molecular weight excluding hydrogens is 291 g/mol. The van der Waals surface area contributed by atoms with Crippen molar-refractivity contribution < 1.29 is 22.0 Å². The van der Waals surface area contributed by atoms with E-state index in [0.717, 1.165) is 19.4 Å². The van der Waals surface area contributed by atoms with Crippen LogP contribution in [0.25, 0.3) is 0 Å². The highest BCUT2D eigenvalue weighted by atomic mass is 19.2. The number of anilines is 1. The summed E-state index contributed by atoms with van der Waals surface area (Å²) in [6, 6.07) is -0.402. The van der Waals surface area contributed by atoms with Gasteiger partial charge in [-0.2, -0.15) is 0 Å². The van der Waals surface area contributed by atoms with E-state index in [1.54, 1.807) is 6.92 Å². The third-order valence-electron chi connectivity index (χ3n) is 3.95. The third kappa shape index (κ3) is 3.12. The van der Waals surface area contributed by atoms with Gasteiger partial charge in [-0.3, -0.25) is 0 Å². The molecule has 118 valence electrons. The Labute approximate surface area is 119 Å². The summed E-state index contributed by atoms with van der Waals surface area (Å²) in [6.07, 6.45) is 1.78. The van der Waals surface area contributed by atoms with Crippen molar-refractivity contribution in [2.45, 2.75) is 25.8 Å². The molecule has 7 heteroatoms. The number of likely N-dealkylation sites (tertiary alicyclic amines) is 1. The summed E-state index contributed by atoms with van der Waals surface area (Å²) < 4.78 is 66.5. The highest BCUT2D eigenvalue weighted by molar-refractivity contribution is 5.48. The largest absolute Gasteiger partial charge is 0.377 e. The van der Waals surface area contributed by atoms with E-state index in [9.17, 15) is 22.0 Å². The van der Waals surface area contributed by atoms with Crippen molar-refractivity contribution in [2.24, 2.45) is 5.92 Å². The van der Waals surface area contributed by atoms with Gasteiger partial charge in [0.2, 0.25) is 5.82 Å². The molecule has 2 atom stereocenters. The summed E-state index contributed by atoms with van der Waals surface area (Å²) >= 11 is 0. The van der Waals surface area contributed by atoms with Crippen LogP contribution in [-0.4, -0.2) is 31.1 Å². The maximum absolute atomic E-state index is 13.6. The molecule has 2 rings (SSSR count). The minimum absolute atomic E-state index is 0.0822. The molecule has 0 spiro atoms. The second-order valence-corrected chi connectivity index (χ2v) is 5.54. The summed E-state index contributed by atoms with van der Waals surface area (Å²) in [5.41, 5.74) is -0.952. The normalized spacial score (nSPS) is 21.4. The summed E-state index contributed by atoms with van der Waals surface area (Å²) in [6.45, 7) is 3.33. The molecule has 1 heterocycles. The van der Waals surface area contributed by atoms with E-state index in [4.69, 9.17) is 0 Å². The predicted octanol–water partition coefficient (Wildman–Crippen LogP) is 3.52. The van der Waals surface area contributed by atoms with Gasteiger partial charge in [0.05, 0.1) is 0 Å². The number of nitrogens with zero attached hydrogens (tertiary/aromatic N) is 1. The molecule has 0 saturated carbocycles. The van der Waals surface area contributed by atoms with Gasteiger partial charge < -0.3 is 10.2 Å². The van der Waals surface area contributed by atoms with E-state index in [2.05, 4.69) is 10.2 Å². The maximum Gasteiger partial charge on any atom is 0.200 e. The Kier molecular flexibility index (Phi) is 4.70. The van der Waals surface area contributed by atoms with Crippen molar-refractivity contribution >= 4 is 5.69 Å². The van der Waals surface area contributed by atoms with Crippen LogP contribution in [0.3, 0.4) is 0 Å². The average molecular weight is 308 g/mol.